The predicted molar refractivity (Wildman–Crippen MR) is 53.8 cm³/mol. The van der Waals surface area contributed by atoms with Gasteiger partial charge in [0.25, 0.3) is 0 Å². The number of hydrogen-bond donors (Lipinski definition) is 2. The monoisotopic (exact) mass is 285 g/mol. The fourth-order valence-corrected chi connectivity index (χ4v) is 2.14. The zero-order valence-corrected chi connectivity index (χ0v) is 10.2. The van der Waals surface area contributed by atoms with Crippen molar-refractivity contribution in [3.05, 3.63) is 0 Å². The van der Waals surface area contributed by atoms with E-state index in [9.17, 15) is 18.0 Å². The first-order valence-electron chi connectivity index (χ1n) is 5.64. The van der Waals surface area contributed by atoms with E-state index in [2.05, 4.69) is 0 Å². The summed E-state index contributed by atoms with van der Waals surface area (Å²) in [6.45, 7) is 2.60. The average Bonchev–Trinajstić information content (AvgIpc) is 2.70. The molecule has 2 aliphatic heterocycles. The van der Waals surface area contributed by atoms with Crippen molar-refractivity contribution in [3.63, 3.8) is 0 Å². The largest absolute Gasteiger partial charge is 0.471 e. The molecule has 0 aromatic carbocycles. The molecule has 0 spiro atoms. The van der Waals surface area contributed by atoms with Gasteiger partial charge in [-0.3, -0.25) is 4.79 Å². The minimum absolute atomic E-state index is 0.553. The summed E-state index contributed by atoms with van der Waals surface area (Å²) in [7, 11) is 0. The zero-order valence-electron chi connectivity index (χ0n) is 10.2. The van der Waals surface area contributed by atoms with Crippen LogP contribution in [-0.4, -0.2) is 54.1 Å². The van der Waals surface area contributed by atoms with Crippen molar-refractivity contribution in [1.82, 2.24) is 5.32 Å². The fourth-order valence-electron chi connectivity index (χ4n) is 2.14. The number of carbonyl (C=O) groups excluding carboxylic acids is 1. The van der Waals surface area contributed by atoms with Crippen LogP contribution >= 0.6 is 0 Å². The van der Waals surface area contributed by atoms with E-state index in [1.165, 1.54) is 0 Å². The molecular formula is C10H14F3NO5. The van der Waals surface area contributed by atoms with Crippen molar-refractivity contribution in [2.24, 2.45) is 0 Å². The quantitative estimate of drug-likeness (QED) is 0.741. The molecule has 0 aliphatic carbocycles. The van der Waals surface area contributed by atoms with Gasteiger partial charge in [-0.25, -0.2) is 0 Å². The van der Waals surface area contributed by atoms with Crippen LogP contribution in [0.25, 0.3) is 0 Å². The van der Waals surface area contributed by atoms with E-state index in [4.69, 9.17) is 19.3 Å². The topological polar surface area (TPSA) is 77.0 Å². The molecule has 0 saturated carbocycles. The van der Waals surface area contributed by atoms with Crippen LogP contribution in [0.5, 0.6) is 0 Å². The van der Waals surface area contributed by atoms with Gasteiger partial charge in [-0.2, -0.15) is 13.2 Å². The molecule has 110 valence electrons. The van der Waals surface area contributed by atoms with Crippen molar-refractivity contribution in [1.29, 1.82) is 0 Å². The SMILES string of the molecule is CC1(C)O[C@H]2O[C@@H](CO)[C@H](NC(=O)C(F)(F)F)[C@H]2O1. The number of amides is 1. The molecule has 0 aromatic heterocycles. The first-order chi connectivity index (χ1) is 8.64. The smallest absolute Gasteiger partial charge is 0.394 e. The molecule has 4 atom stereocenters. The molecule has 0 unspecified atom stereocenters. The molecule has 9 heteroatoms. The minimum atomic E-state index is -5.01. The molecule has 2 rings (SSSR count). The van der Waals surface area contributed by atoms with Crippen molar-refractivity contribution >= 4 is 5.91 Å². The summed E-state index contributed by atoms with van der Waals surface area (Å²) in [5.41, 5.74) is 0. The molecule has 2 N–H and O–H groups in total. The van der Waals surface area contributed by atoms with Crippen LogP contribution in [0.4, 0.5) is 13.2 Å². The van der Waals surface area contributed by atoms with Crippen LogP contribution in [0.3, 0.4) is 0 Å². The number of aliphatic hydroxyl groups is 1. The fraction of sp³-hybridized carbons (Fsp3) is 0.900. The van der Waals surface area contributed by atoms with Gasteiger partial charge in [0, 0.05) is 0 Å². The number of ether oxygens (including phenoxy) is 3. The summed E-state index contributed by atoms with van der Waals surface area (Å²) in [4.78, 5) is 11.0. The Labute approximate surface area is 106 Å². The molecular weight excluding hydrogens is 271 g/mol. The highest BCUT2D eigenvalue weighted by Crippen LogP contribution is 2.37. The lowest BCUT2D eigenvalue weighted by molar-refractivity contribution is -0.211. The third-order valence-corrected chi connectivity index (χ3v) is 2.89. The Bertz CT molecular complexity index is 373. The molecule has 0 aromatic rings. The Kier molecular flexibility index (Phi) is 3.50. The highest BCUT2D eigenvalue weighted by Gasteiger charge is 2.56. The molecule has 0 radical (unpaired) electrons. The molecule has 6 nitrogen and oxygen atoms in total. The van der Waals surface area contributed by atoms with Crippen molar-refractivity contribution in [2.45, 2.75) is 50.4 Å². The number of fused-ring (bicyclic) bond motifs is 1. The van der Waals surface area contributed by atoms with E-state index in [0.717, 1.165) is 0 Å². The first kappa shape index (κ1) is 14.5. The third kappa shape index (κ3) is 2.83. The number of halogens is 3. The lowest BCUT2D eigenvalue weighted by Crippen LogP contribution is -2.52. The molecule has 1 amide bonds. The Morgan fingerprint density at radius 1 is 1.37 bits per heavy atom. The van der Waals surface area contributed by atoms with Gasteiger partial charge in [-0.1, -0.05) is 0 Å². The van der Waals surface area contributed by atoms with E-state index in [-0.39, 0.29) is 0 Å². The number of alkyl halides is 3. The number of aliphatic hydroxyl groups excluding tert-OH is 1. The van der Waals surface area contributed by atoms with E-state index >= 15 is 0 Å². The van der Waals surface area contributed by atoms with Gasteiger partial charge in [-0.05, 0) is 13.8 Å². The van der Waals surface area contributed by atoms with Crippen LogP contribution in [0.2, 0.25) is 0 Å². The second kappa shape index (κ2) is 4.58. The summed E-state index contributed by atoms with van der Waals surface area (Å²) < 4.78 is 52.6. The molecule has 19 heavy (non-hydrogen) atoms. The second-order valence-corrected chi connectivity index (χ2v) is 4.82. The van der Waals surface area contributed by atoms with Gasteiger partial charge in [0.15, 0.2) is 12.1 Å². The number of hydrogen-bond acceptors (Lipinski definition) is 5. The highest BCUT2D eigenvalue weighted by atomic mass is 19.4. The Hall–Kier alpha value is -0.900. The van der Waals surface area contributed by atoms with E-state index in [0.29, 0.717) is 0 Å². The lowest BCUT2D eigenvalue weighted by Gasteiger charge is -2.25. The van der Waals surface area contributed by atoms with Gasteiger partial charge in [0.05, 0.1) is 12.6 Å². The predicted octanol–water partition coefficient (Wildman–Crippen LogP) is -0.0978. The Morgan fingerprint density at radius 2 is 2.00 bits per heavy atom. The van der Waals surface area contributed by atoms with E-state index in [1.807, 2.05) is 0 Å². The van der Waals surface area contributed by atoms with Crippen LogP contribution in [0, 0.1) is 0 Å². The zero-order chi connectivity index (χ0) is 14.4. The molecule has 2 saturated heterocycles. The molecule has 0 bridgehead atoms. The molecule has 2 heterocycles. The second-order valence-electron chi connectivity index (χ2n) is 4.82. The van der Waals surface area contributed by atoms with E-state index in [1.54, 1.807) is 19.2 Å². The number of rotatable bonds is 2. The van der Waals surface area contributed by atoms with Gasteiger partial charge in [0.1, 0.15) is 12.2 Å². The van der Waals surface area contributed by atoms with Crippen molar-refractivity contribution in [2.75, 3.05) is 6.61 Å². The highest BCUT2D eigenvalue weighted by molar-refractivity contribution is 5.82. The van der Waals surface area contributed by atoms with Crippen LogP contribution < -0.4 is 5.32 Å². The van der Waals surface area contributed by atoms with Gasteiger partial charge < -0.3 is 24.6 Å². The minimum Gasteiger partial charge on any atom is -0.394 e. The summed E-state index contributed by atoms with van der Waals surface area (Å²) in [5.74, 6) is -3.12. The summed E-state index contributed by atoms with van der Waals surface area (Å²) in [6.07, 6.45) is -7.81. The standard InChI is InChI=1S/C10H14F3NO5/c1-9(2)18-6-5(14-8(16)10(11,12)13)4(3-15)17-7(6)19-9/h4-7,15H,3H2,1-2H3,(H,14,16)/t4-,5-,6+,7+/m0/s1. The maximum Gasteiger partial charge on any atom is 0.471 e. The normalized spacial score (nSPS) is 37.2. The lowest BCUT2D eigenvalue weighted by atomic mass is 10.1. The van der Waals surface area contributed by atoms with Crippen LogP contribution in [-0.2, 0) is 19.0 Å². The average molecular weight is 285 g/mol. The maximum atomic E-state index is 12.2. The molecule has 2 aliphatic rings. The van der Waals surface area contributed by atoms with Crippen LogP contribution in [0.1, 0.15) is 13.8 Å². The van der Waals surface area contributed by atoms with Gasteiger partial charge >= 0.3 is 12.1 Å². The Balaban J connectivity index is 2.10. The molecule has 2 fully saturated rings. The number of carbonyl (C=O) groups is 1. The van der Waals surface area contributed by atoms with Gasteiger partial charge in [0.2, 0.25) is 0 Å². The first-order valence-corrected chi connectivity index (χ1v) is 5.64. The summed E-state index contributed by atoms with van der Waals surface area (Å²) >= 11 is 0. The maximum absolute atomic E-state index is 12.2. The summed E-state index contributed by atoms with van der Waals surface area (Å²) in [5, 5.41) is 10.8. The number of nitrogens with one attached hydrogen (secondary N) is 1. The summed E-state index contributed by atoms with van der Waals surface area (Å²) in [6, 6.07) is -1.12. The van der Waals surface area contributed by atoms with E-state index < -0.39 is 49.0 Å². The van der Waals surface area contributed by atoms with Crippen molar-refractivity contribution in [3.8, 4) is 0 Å². The van der Waals surface area contributed by atoms with Crippen LogP contribution in [0.15, 0.2) is 0 Å². The van der Waals surface area contributed by atoms with Crippen molar-refractivity contribution < 1.29 is 37.3 Å². The third-order valence-electron chi connectivity index (χ3n) is 2.89. The Morgan fingerprint density at radius 3 is 2.53 bits per heavy atom. The van der Waals surface area contributed by atoms with Gasteiger partial charge in [-0.15, -0.1) is 0 Å².